The van der Waals surface area contributed by atoms with E-state index in [1.54, 1.807) is 30.5 Å². The van der Waals surface area contributed by atoms with E-state index in [1.165, 1.54) is 6.26 Å². The molecule has 0 aliphatic carbocycles. The van der Waals surface area contributed by atoms with E-state index in [0.29, 0.717) is 28.8 Å². The van der Waals surface area contributed by atoms with Crippen LogP contribution in [0.5, 0.6) is 5.75 Å². The Balaban J connectivity index is 1.45. The first-order valence-electron chi connectivity index (χ1n) is 11.0. The summed E-state index contributed by atoms with van der Waals surface area (Å²) in [6.45, 7) is 4.61. The van der Waals surface area contributed by atoms with E-state index < -0.39 is 5.97 Å². The van der Waals surface area contributed by atoms with E-state index in [2.05, 4.69) is 9.55 Å². The normalized spacial score (nSPS) is 11.2. The van der Waals surface area contributed by atoms with E-state index >= 15 is 0 Å². The summed E-state index contributed by atoms with van der Waals surface area (Å²) in [6.07, 6.45) is 3.13. The molecule has 8 heteroatoms. The molecule has 0 saturated carbocycles. The van der Waals surface area contributed by atoms with Gasteiger partial charge in [-0.05, 0) is 49.2 Å². The maximum atomic E-state index is 11.5. The SMILES string of the molecule is Cc1cc(OCc2ccccc2C(=O)O)cc2c1nc(C)n2Cc1ccc(-c2ncco2)cc1Cl. The number of carboxylic acids is 1. The van der Waals surface area contributed by atoms with Crippen molar-refractivity contribution in [2.75, 3.05) is 0 Å². The summed E-state index contributed by atoms with van der Waals surface area (Å²) in [6, 6.07) is 16.4. The van der Waals surface area contributed by atoms with Crippen molar-refractivity contribution in [3.63, 3.8) is 0 Å². The second kappa shape index (κ2) is 9.27. The third kappa shape index (κ3) is 4.50. The fraction of sp³-hybridized carbons (Fsp3) is 0.148. The summed E-state index contributed by atoms with van der Waals surface area (Å²) in [5, 5.41) is 10.0. The molecule has 35 heavy (non-hydrogen) atoms. The second-order valence-corrected chi connectivity index (χ2v) is 8.65. The summed E-state index contributed by atoms with van der Waals surface area (Å²) in [4.78, 5) is 20.4. The monoisotopic (exact) mass is 487 g/mol. The van der Waals surface area contributed by atoms with Gasteiger partial charge in [0, 0.05) is 22.2 Å². The average molecular weight is 488 g/mol. The van der Waals surface area contributed by atoms with E-state index in [0.717, 1.165) is 33.5 Å². The molecule has 5 aromatic rings. The van der Waals surface area contributed by atoms with Crippen molar-refractivity contribution in [1.82, 2.24) is 14.5 Å². The highest BCUT2D eigenvalue weighted by molar-refractivity contribution is 6.31. The number of carboxylic acid groups (broad SMARTS) is 1. The highest BCUT2D eigenvalue weighted by atomic mass is 35.5. The van der Waals surface area contributed by atoms with Gasteiger partial charge in [0.2, 0.25) is 5.89 Å². The molecule has 5 rings (SSSR count). The number of rotatable bonds is 7. The summed E-state index contributed by atoms with van der Waals surface area (Å²) in [5.74, 6) is 1.03. The summed E-state index contributed by atoms with van der Waals surface area (Å²) in [5.41, 5.74) is 5.35. The number of ether oxygens (including phenoxy) is 1. The Morgan fingerprint density at radius 2 is 1.94 bits per heavy atom. The van der Waals surface area contributed by atoms with E-state index in [1.807, 2.05) is 44.2 Å². The molecule has 0 bridgehead atoms. The summed E-state index contributed by atoms with van der Waals surface area (Å²) in [7, 11) is 0. The molecule has 0 atom stereocenters. The Labute approximate surface area is 206 Å². The number of imidazole rings is 1. The van der Waals surface area contributed by atoms with Gasteiger partial charge in [-0.3, -0.25) is 0 Å². The molecule has 0 fully saturated rings. The van der Waals surface area contributed by atoms with Gasteiger partial charge in [-0.15, -0.1) is 0 Å². The second-order valence-electron chi connectivity index (χ2n) is 8.25. The van der Waals surface area contributed by atoms with Crippen LogP contribution in [0.2, 0.25) is 5.02 Å². The first kappa shape index (κ1) is 22.7. The van der Waals surface area contributed by atoms with Crippen molar-refractivity contribution in [2.45, 2.75) is 27.0 Å². The number of nitrogens with zero attached hydrogens (tertiary/aromatic N) is 3. The molecule has 176 valence electrons. The van der Waals surface area contributed by atoms with Crippen LogP contribution in [-0.2, 0) is 13.2 Å². The molecule has 3 aromatic carbocycles. The number of aromatic carboxylic acids is 1. The molecule has 0 radical (unpaired) electrons. The van der Waals surface area contributed by atoms with Gasteiger partial charge in [-0.25, -0.2) is 14.8 Å². The standard InChI is InChI=1S/C27H22ClN3O4/c1-16-11-21(35-15-20-5-3-4-6-22(20)27(32)33)13-24-25(16)30-17(2)31(24)14-19-8-7-18(12-23(19)28)26-29-9-10-34-26/h3-13H,14-15H2,1-2H3,(H,32,33). The van der Waals surface area contributed by atoms with Crippen molar-refractivity contribution in [3.8, 4) is 17.2 Å². The van der Waals surface area contributed by atoms with Crippen LogP contribution in [-0.4, -0.2) is 25.6 Å². The van der Waals surface area contributed by atoms with Gasteiger partial charge >= 0.3 is 5.97 Å². The fourth-order valence-corrected chi connectivity index (χ4v) is 4.36. The molecule has 2 aromatic heterocycles. The lowest BCUT2D eigenvalue weighted by molar-refractivity contribution is 0.0694. The third-order valence-electron chi connectivity index (χ3n) is 5.91. The first-order valence-corrected chi connectivity index (χ1v) is 11.4. The smallest absolute Gasteiger partial charge is 0.336 e. The summed E-state index contributed by atoms with van der Waals surface area (Å²) < 4.78 is 13.5. The number of benzene rings is 3. The Morgan fingerprint density at radius 1 is 1.11 bits per heavy atom. The van der Waals surface area contributed by atoms with Gasteiger partial charge in [0.25, 0.3) is 0 Å². The predicted octanol–water partition coefficient (Wildman–Crippen LogP) is 6.29. The molecule has 0 unspecified atom stereocenters. The zero-order chi connectivity index (χ0) is 24.5. The van der Waals surface area contributed by atoms with Crippen molar-refractivity contribution in [3.05, 3.63) is 100 Å². The number of aromatic nitrogens is 3. The molecule has 2 heterocycles. The number of halogens is 1. The van der Waals surface area contributed by atoms with Crippen LogP contribution in [0.4, 0.5) is 0 Å². The van der Waals surface area contributed by atoms with E-state index in [-0.39, 0.29) is 12.2 Å². The third-order valence-corrected chi connectivity index (χ3v) is 6.26. The summed E-state index contributed by atoms with van der Waals surface area (Å²) >= 11 is 6.61. The Hall–Kier alpha value is -4.10. The topological polar surface area (TPSA) is 90.4 Å². The van der Waals surface area contributed by atoms with Crippen LogP contribution in [0.15, 0.2) is 71.5 Å². The van der Waals surface area contributed by atoms with Gasteiger partial charge in [0.15, 0.2) is 0 Å². The number of aryl methyl sites for hydroxylation is 2. The molecule has 0 aliphatic heterocycles. The quantitative estimate of drug-likeness (QED) is 0.290. The van der Waals surface area contributed by atoms with Gasteiger partial charge in [0.1, 0.15) is 24.4 Å². The predicted molar refractivity (Wildman–Crippen MR) is 133 cm³/mol. The maximum Gasteiger partial charge on any atom is 0.336 e. The molecular formula is C27H22ClN3O4. The lowest BCUT2D eigenvalue weighted by Crippen LogP contribution is -2.06. The van der Waals surface area contributed by atoms with Crippen LogP contribution >= 0.6 is 11.6 Å². The van der Waals surface area contributed by atoms with Crippen molar-refractivity contribution in [2.24, 2.45) is 0 Å². The van der Waals surface area contributed by atoms with Gasteiger partial charge in [0.05, 0.1) is 29.3 Å². The van der Waals surface area contributed by atoms with Gasteiger partial charge < -0.3 is 18.8 Å². The minimum Gasteiger partial charge on any atom is -0.489 e. The molecule has 0 aliphatic rings. The fourth-order valence-electron chi connectivity index (χ4n) is 4.12. The number of fused-ring (bicyclic) bond motifs is 1. The molecule has 0 spiro atoms. The zero-order valence-corrected chi connectivity index (χ0v) is 19.9. The molecule has 1 N–H and O–H groups in total. The largest absolute Gasteiger partial charge is 0.489 e. The van der Waals surface area contributed by atoms with Crippen molar-refractivity contribution < 1.29 is 19.1 Å². The first-order chi connectivity index (χ1) is 16.9. The average Bonchev–Trinajstić information content (AvgIpc) is 3.48. The highest BCUT2D eigenvalue weighted by Crippen LogP contribution is 2.30. The van der Waals surface area contributed by atoms with Crippen LogP contribution < -0.4 is 4.74 Å². The van der Waals surface area contributed by atoms with Gasteiger partial charge in [-0.2, -0.15) is 0 Å². The van der Waals surface area contributed by atoms with Crippen LogP contribution in [0.3, 0.4) is 0 Å². The lowest BCUT2D eigenvalue weighted by atomic mass is 10.1. The number of oxazole rings is 1. The molecular weight excluding hydrogens is 466 g/mol. The van der Waals surface area contributed by atoms with Crippen LogP contribution in [0.25, 0.3) is 22.5 Å². The molecule has 0 saturated heterocycles. The van der Waals surface area contributed by atoms with E-state index in [9.17, 15) is 9.90 Å². The van der Waals surface area contributed by atoms with Gasteiger partial charge in [-0.1, -0.05) is 35.9 Å². The van der Waals surface area contributed by atoms with Crippen LogP contribution in [0.1, 0.15) is 32.9 Å². The minimum atomic E-state index is -0.977. The van der Waals surface area contributed by atoms with Crippen LogP contribution in [0, 0.1) is 13.8 Å². The Bertz CT molecular complexity index is 1540. The molecule has 0 amide bonds. The number of hydrogen-bond donors (Lipinski definition) is 1. The number of carbonyl (C=O) groups is 1. The minimum absolute atomic E-state index is 0.147. The zero-order valence-electron chi connectivity index (χ0n) is 19.2. The Morgan fingerprint density at radius 3 is 2.69 bits per heavy atom. The molecule has 7 nitrogen and oxygen atoms in total. The van der Waals surface area contributed by atoms with E-state index in [4.69, 9.17) is 25.7 Å². The van der Waals surface area contributed by atoms with Crippen molar-refractivity contribution >= 4 is 28.6 Å². The lowest BCUT2D eigenvalue weighted by Gasteiger charge is -2.12. The Kier molecular flexibility index (Phi) is 6.01. The maximum absolute atomic E-state index is 11.5. The van der Waals surface area contributed by atoms with Crippen molar-refractivity contribution in [1.29, 1.82) is 0 Å². The number of hydrogen-bond acceptors (Lipinski definition) is 5. The highest BCUT2D eigenvalue weighted by Gasteiger charge is 2.15.